The standard InChI is InChI=1S/C11H12O2/c1-8(12)7-10-3-5-11(6-4-10)9(2)13/h3-6,13H,2,7H2,1H3. The van der Waals surface area contributed by atoms with Gasteiger partial charge < -0.3 is 5.11 Å². The summed E-state index contributed by atoms with van der Waals surface area (Å²) < 4.78 is 0. The summed E-state index contributed by atoms with van der Waals surface area (Å²) in [6.45, 7) is 4.96. The molecule has 0 aliphatic heterocycles. The first-order valence-electron chi connectivity index (χ1n) is 4.06. The van der Waals surface area contributed by atoms with Crippen molar-refractivity contribution in [2.24, 2.45) is 0 Å². The molecule has 1 rings (SSSR count). The Kier molecular flexibility index (Phi) is 2.85. The first-order chi connectivity index (χ1) is 6.09. The molecule has 0 unspecified atom stereocenters. The van der Waals surface area contributed by atoms with E-state index in [1.165, 1.54) is 0 Å². The van der Waals surface area contributed by atoms with Gasteiger partial charge in [0.15, 0.2) is 0 Å². The Hall–Kier alpha value is -1.57. The average molecular weight is 176 g/mol. The molecule has 0 bridgehead atoms. The van der Waals surface area contributed by atoms with Crippen molar-refractivity contribution in [3.8, 4) is 0 Å². The lowest BCUT2D eigenvalue weighted by Crippen LogP contribution is -1.95. The number of carbonyl (C=O) groups excluding carboxylic acids is 1. The first-order valence-corrected chi connectivity index (χ1v) is 4.06. The van der Waals surface area contributed by atoms with Gasteiger partial charge in [-0.25, -0.2) is 0 Å². The minimum atomic E-state index is 0.0503. The lowest BCUT2D eigenvalue weighted by molar-refractivity contribution is -0.116. The maximum atomic E-state index is 10.8. The summed E-state index contributed by atoms with van der Waals surface area (Å²) in [6, 6.07) is 7.14. The predicted molar refractivity (Wildman–Crippen MR) is 52.5 cm³/mol. The van der Waals surface area contributed by atoms with Crippen LogP contribution in [0.4, 0.5) is 0 Å². The Labute approximate surface area is 77.5 Å². The minimum absolute atomic E-state index is 0.0503. The zero-order valence-electron chi connectivity index (χ0n) is 7.58. The second-order valence-corrected chi connectivity index (χ2v) is 3.02. The monoisotopic (exact) mass is 176 g/mol. The third kappa shape index (κ3) is 2.75. The fourth-order valence-electron chi connectivity index (χ4n) is 1.10. The van der Waals surface area contributed by atoms with Crippen molar-refractivity contribution in [2.75, 3.05) is 0 Å². The molecule has 0 spiro atoms. The number of rotatable bonds is 3. The number of carbonyl (C=O) groups is 1. The van der Waals surface area contributed by atoms with Crippen LogP contribution in [0.2, 0.25) is 0 Å². The number of Topliss-reactive ketones (excluding diaryl/α,β-unsaturated/α-hetero) is 1. The molecule has 2 nitrogen and oxygen atoms in total. The Balaban J connectivity index is 2.81. The van der Waals surface area contributed by atoms with Gasteiger partial charge in [-0.1, -0.05) is 30.8 Å². The smallest absolute Gasteiger partial charge is 0.134 e. The number of hydrogen-bond acceptors (Lipinski definition) is 2. The van der Waals surface area contributed by atoms with Crippen molar-refractivity contribution < 1.29 is 9.90 Å². The van der Waals surface area contributed by atoms with Gasteiger partial charge >= 0.3 is 0 Å². The van der Waals surface area contributed by atoms with Gasteiger partial charge in [-0.2, -0.15) is 0 Å². The summed E-state index contributed by atoms with van der Waals surface area (Å²) in [5, 5.41) is 9.04. The summed E-state index contributed by atoms with van der Waals surface area (Å²) in [5.41, 5.74) is 1.64. The van der Waals surface area contributed by atoms with E-state index in [1.54, 1.807) is 19.1 Å². The molecule has 0 aromatic heterocycles. The molecular weight excluding hydrogens is 164 g/mol. The zero-order chi connectivity index (χ0) is 9.84. The normalized spacial score (nSPS) is 9.62. The minimum Gasteiger partial charge on any atom is -0.508 e. The van der Waals surface area contributed by atoms with Crippen LogP contribution in [0.15, 0.2) is 30.8 Å². The topological polar surface area (TPSA) is 37.3 Å². The van der Waals surface area contributed by atoms with E-state index in [-0.39, 0.29) is 11.5 Å². The van der Waals surface area contributed by atoms with E-state index >= 15 is 0 Å². The van der Waals surface area contributed by atoms with Gasteiger partial charge in [0.1, 0.15) is 11.5 Å². The maximum Gasteiger partial charge on any atom is 0.134 e. The van der Waals surface area contributed by atoms with Crippen LogP contribution in [0.5, 0.6) is 0 Å². The summed E-state index contributed by atoms with van der Waals surface area (Å²) in [4.78, 5) is 10.8. The number of ketones is 1. The number of aliphatic hydroxyl groups is 1. The highest BCUT2D eigenvalue weighted by molar-refractivity contribution is 5.78. The third-order valence-corrected chi connectivity index (χ3v) is 1.74. The van der Waals surface area contributed by atoms with Crippen LogP contribution in [0, 0.1) is 0 Å². The summed E-state index contributed by atoms with van der Waals surface area (Å²) in [6.07, 6.45) is 0.443. The molecule has 0 saturated carbocycles. The third-order valence-electron chi connectivity index (χ3n) is 1.74. The summed E-state index contributed by atoms with van der Waals surface area (Å²) >= 11 is 0. The average Bonchev–Trinajstić information content (AvgIpc) is 2.04. The van der Waals surface area contributed by atoms with Crippen LogP contribution in [-0.4, -0.2) is 10.9 Å². The van der Waals surface area contributed by atoms with E-state index in [4.69, 9.17) is 5.11 Å². The van der Waals surface area contributed by atoms with Crippen molar-refractivity contribution in [3.05, 3.63) is 42.0 Å². The van der Waals surface area contributed by atoms with Gasteiger partial charge in [0, 0.05) is 12.0 Å². The lowest BCUT2D eigenvalue weighted by atomic mass is 10.1. The van der Waals surface area contributed by atoms with E-state index in [2.05, 4.69) is 6.58 Å². The van der Waals surface area contributed by atoms with Crippen molar-refractivity contribution in [1.29, 1.82) is 0 Å². The van der Waals surface area contributed by atoms with E-state index in [1.807, 2.05) is 12.1 Å². The van der Waals surface area contributed by atoms with Crippen LogP contribution in [0.25, 0.3) is 5.76 Å². The molecule has 13 heavy (non-hydrogen) atoms. The van der Waals surface area contributed by atoms with Crippen molar-refractivity contribution in [3.63, 3.8) is 0 Å². The van der Waals surface area contributed by atoms with Crippen LogP contribution < -0.4 is 0 Å². The second kappa shape index (κ2) is 3.90. The van der Waals surface area contributed by atoms with Crippen LogP contribution in [0.1, 0.15) is 18.1 Å². The van der Waals surface area contributed by atoms with E-state index in [9.17, 15) is 4.79 Å². The quantitative estimate of drug-likeness (QED) is 0.718. The van der Waals surface area contributed by atoms with Crippen LogP contribution >= 0.6 is 0 Å². The number of hydrogen-bond donors (Lipinski definition) is 1. The molecule has 1 aromatic rings. The van der Waals surface area contributed by atoms with Gasteiger partial charge in [0.2, 0.25) is 0 Å². The summed E-state index contributed by atoms with van der Waals surface area (Å²) in [7, 11) is 0. The van der Waals surface area contributed by atoms with E-state index in [0.29, 0.717) is 12.0 Å². The van der Waals surface area contributed by atoms with Gasteiger partial charge in [0.25, 0.3) is 0 Å². The van der Waals surface area contributed by atoms with Crippen molar-refractivity contribution >= 4 is 11.5 Å². The maximum absolute atomic E-state index is 10.8. The molecule has 0 aliphatic rings. The molecular formula is C11H12O2. The zero-order valence-corrected chi connectivity index (χ0v) is 7.58. The molecule has 68 valence electrons. The molecule has 1 N–H and O–H groups in total. The highest BCUT2D eigenvalue weighted by Gasteiger charge is 1.98. The number of benzene rings is 1. The Morgan fingerprint density at radius 2 is 1.92 bits per heavy atom. The fourth-order valence-corrected chi connectivity index (χ4v) is 1.10. The highest BCUT2D eigenvalue weighted by Crippen LogP contribution is 2.10. The molecule has 1 aromatic carbocycles. The van der Waals surface area contributed by atoms with E-state index < -0.39 is 0 Å². The van der Waals surface area contributed by atoms with Crippen LogP contribution in [0.3, 0.4) is 0 Å². The Morgan fingerprint density at radius 1 is 1.38 bits per heavy atom. The summed E-state index contributed by atoms with van der Waals surface area (Å²) in [5.74, 6) is 0.185. The highest BCUT2D eigenvalue weighted by atomic mass is 16.3. The number of aliphatic hydroxyl groups excluding tert-OH is 1. The van der Waals surface area contributed by atoms with Gasteiger partial charge in [-0.3, -0.25) is 4.79 Å². The molecule has 0 fully saturated rings. The second-order valence-electron chi connectivity index (χ2n) is 3.02. The SMILES string of the molecule is C=C(O)c1ccc(CC(C)=O)cc1. The van der Waals surface area contributed by atoms with Gasteiger partial charge in [0.05, 0.1) is 0 Å². The van der Waals surface area contributed by atoms with Crippen molar-refractivity contribution in [2.45, 2.75) is 13.3 Å². The molecule has 0 atom stereocenters. The largest absolute Gasteiger partial charge is 0.508 e. The lowest BCUT2D eigenvalue weighted by Gasteiger charge is -2.00. The van der Waals surface area contributed by atoms with Crippen molar-refractivity contribution in [1.82, 2.24) is 0 Å². The predicted octanol–water partition coefficient (Wildman–Crippen LogP) is 2.35. The molecule has 0 amide bonds. The molecule has 0 aliphatic carbocycles. The molecule has 0 radical (unpaired) electrons. The molecule has 0 heterocycles. The van der Waals surface area contributed by atoms with Gasteiger partial charge in [-0.05, 0) is 12.5 Å². The first kappa shape index (κ1) is 9.52. The molecule has 0 saturated heterocycles. The fraction of sp³-hybridized carbons (Fsp3) is 0.182. The van der Waals surface area contributed by atoms with Crippen LogP contribution in [-0.2, 0) is 11.2 Å². The Morgan fingerprint density at radius 3 is 2.31 bits per heavy atom. The van der Waals surface area contributed by atoms with E-state index in [0.717, 1.165) is 5.56 Å². The van der Waals surface area contributed by atoms with Gasteiger partial charge in [-0.15, -0.1) is 0 Å². The molecule has 2 heteroatoms. The Bertz CT molecular complexity index is 322.